The van der Waals surface area contributed by atoms with E-state index >= 15 is 0 Å². The van der Waals surface area contributed by atoms with Gasteiger partial charge in [0.15, 0.2) is 0 Å². The van der Waals surface area contributed by atoms with Gasteiger partial charge in [0, 0.05) is 0 Å². The van der Waals surface area contributed by atoms with Crippen molar-refractivity contribution in [2.75, 3.05) is 0 Å². The average molecular weight is 663 g/mol. The van der Waals surface area contributed by atoms with Crippen molar-refractivity contribution in [3.05, 3.63) is 47.8 Å². The number of hydrogen-bond donors (Lipinski definition) is 1. The minimum absolute atomic E-state index is 0.0154. The fraction of sp³-hybridized carbons (Fsp3) is 0.633. The Balaban J connectivity index is 2.00. The van der Waals surface area contributed by atoms with Gasteiger partial charge in [-0.3, -0.25) is 0 Å². The molecule has 3 aromatic rings. The van der Waals surface area contributed by atoms with Crippen LogP contribution >= 0.6 is 11.3 Å². The van der Waals surface area contributed by atoms with Crippen LogP contribution in [0, 0.1) is 0 Å². The summed E-state index contributed by atoms with van der Waals surface area (Å²) in [5, 5.41) is 11.3. The number of carbonyl (C=O) groups is 1. The fourth-order valence-corrected chi connectivity index (χ4v) is 27.0. The van der Waals surface area contributed by atoms with Crippen LogP contribution in [-0.2, 0) is 0 Å². The number of ketones is 1. The maximum atomic E-state index is 13.8. The number of imidazole rings is 1. The summed E-state index contributed by atoms with van der Waals surface area (Å²) in [6.07, 6.45) is 15.2. The van der Waals surface area contributed by atoms with Gasteiger partial charge in [0.05, 0.1) is 0 Å². The molecule has 0 aliphatic heterocycles. The summed E-state index contributed by atoms with van der Waals surface area (Å²) >= 11 is -0.761. The summed E-state index contributed by atoms with van der Waals surface area (Å²) < 4.78 is 7.92. The molecule has 0 radical (unpaired) electrons. The first-order chi connectivity index (χ1) is 17.9. The summed E-state index contributed by atoms with van der Waals surface area (Å²) in [5.74, 6) is -0.103. The summed E-state index contributed by atoms with van der Waals surface area (Å²) in [6.45, 7) is 17.9. The van der Waals surface area contributed by atoms with E-state index in [1.165, 1.54) is 51.8 Å². The summed E-state index contributed by atoms with van der Waals surface area (Å²) in [6, 6.07) is 1.84. The van der Waals surface area contributed by atoms with E-state index in [4.69, 9.17) is 0 Å². The molecule has 1 atom stereocenters. The Labute approximate surface area is 239 Å². The first-order valence-corrected chi connectivity index (χ1v) is 25.9. The number of nitrogens with zero attached hydrogens (tertiary/aromatic N) is 3. The van der Waals surface area contributed by atoms with Gasteiger partial charge in [0.2, 0.25) is 0 Å². The molecule has 0 aromatic carbocycles. The number of hydrogen-bond acceptors (Lipinski definition) is 5. The van der Waals surface area contributed by atoms with E-state index in [0.29, 0.717) is 11.3 Å². The van der Waals surface area contributed by atoms with E-state index in [1.807, 2.05) is 23.7 Å². The third-order valence-electron chi connectivity index (χ3n) is 8.93. The molecule has 0 fully saturated rings. The van der Waals surface area contributed by atoms with E-state index in [1.54, 1.807) is 15.3 Å². The monoisotopic (exact) mass is 663 g/mol. The van der Waals surface area contributed by atoms with Crippen LogP contribution in [0.25, 0.3) is 4.83 Å². The predicted molar refractivity (Wildman–Crippen MR) is 167 cm³/mol. The number of pyridine rings is 1. The Morgan fingerprint density at radius 1 is 1.05 bits per heavy atom. The van der Waals surface area contributed by atoms with Gasteiger partial charge in [0.1, 0.15) is 0 Å². The van der Waals surface area contributed by atoms with Crippen LogP contribution in [0.3, 0.4) is 0 Å². The van der Waals surface area contributed by atoms with Gasteiger partial charge < -0.3 is 0 Å². The van der Waals surface area contributed by atoms with Crippen LogP contribution < -0.4 is 2.89 Å². The Morgan fingerprint density at radius 3 is 2.16 bits per heavy atom. The first-order valence-electron chi connectivity index (χ1n) is 14.6. The Kier molecular flexibility index (Phi) is 10.8. The van der Waals surface area contributed by atoms with Gasteiger partial charge in [-0.25, -0.2) is 0 Å². The molecule has 210 valence electrons. The summed E-state index contributed by atoms with van der Waals surface area (Å²) in [4.78, 5) is 23.7. The number of aliphatic hydroxyl groups is 1. The summed E-state index contributed by atoms with van der Waals surface area (Å²) in [7, 11) is -2.07. The van der Waals surface area contributed by atoms with Crippen LogP contribution in [0.4, 0.5) is 0 Å². The molecule has 3 rings (SSSR count). The van der Waals surface area contributed by atoms with Gasteiger partial charge >= 0.3 is 241 Å². The van der Waals surface area contributed by atoms with Crippen molar-refractivity contribution in [1.82, 2.24) is 14.4 Å². The minimum atomic E-state index is -2.60. The van der Waals surface area contributed by atoms with Crippen molar-refractivity contribution in [2.24, 2.45) is 0 Å². The first kappa shape index (κ1) is 31.5. The molecule has 38 heavy (non-hydrogen) atoms. The Hall–Kier alpha value is -1.03. The molecule has 0 bridgehead atoms. The Morgan fingerprint density at radius 2 is 1.63 bits per heavy atom. The van der Waals surface area contributed by atoms with Crippen LogP contribution in [0.2, 0.25) is 31.4 Å². The molecule has 1 unspecified atom stereocenters. The number of unbranched alkanes of at least 4 members (excludes halogenated alkanes) is 3. The number of fused-ring (bicyclic) bond motifs is 1. The van der Waals surface area contributed by atoms with Crippen LogP contribution in [0.1, 0.15) is 107 Å². The van der Waals surface area contributed by atoms with Gasteiger partial charge in [-0.05, 0) is 0 Å². The normalized spacial score (nSPS) is 13.8. The molecule has 8 heteroatoms. The second-order valence-electron chi connectivity index (χ2n) is 12.7. The zero-order chi connectivity index (χ0) is 28.1. The van der Waals surface area contributed by atoms with Crippen molar-refractivity contribution in [3.63, 3.8) is 0 Å². The molecule has 5 nitrogen and oxygen atoms in total. The van der Waals surface area contributed by atoms with E-state index in [2.05, 4.69) is 75.2 Å². The topological polar surface area (TPSA) is 67.5 Å². The fourth-order valence-electron chi connectivity index (χ4n) is 5.19. The molecule has 0 aliphatic carbocycles. The standard InChI is InChI=1S/C18H22N3O2SSi.3C4H9.Sn/c1-18(2,3)25(4,5)17(23)13-8-12(9-19-10-13)15(22)14-16-21(11-20-14)6-7-24-16;3*1-3-4-2;/h6,8-11,17,23H,1-5H3;3*1,3-4H2,2H3;. The Bertz CT molecular complexity index is 1190. The number of aromatic nitrogens is 3. The second kappa shape index (κ2) is 13.1. The molecule has 1 N–H and O–H groups in total. The van der Waals surface area contributed by atoms with E-state index in [9.17, 15) is 9.90 Å². The second-order valence-corrected chi connectivity index (χ2v) is 33.4. The van der Waals surface area contributed by atoms with Crippen LogP contribution in [-0.4, -0.2) is 51.7 Å². The van der Waals surface area contributed by atoms with Crippen molar-refractivity contribution < 1.29 is 9.90 Å². The van der Waals surface area contributed by atoms with Gasteiger partial charge in [-0.2, -0.15) is 0 Å². The summed E-state index contributed by atoms with van der Waals surface area (Å²) in [5.41, 5.74) is 1.17. The zero-order valence-electron chi connectivity index (χ0n) is 24.9. The molecule has 0 amide bonds. The molecule has 0 saturated carbocycles. The third-order valence-corrected chi connectivity index (χ3v) is 33.8. The molecule has 0 aliphatic rings. The zero-order valence-corrected chi connectivity index (χ0v) is 29.6. The molecule has 3 heterocycles. The van der Waals surface area contributed by atoms with E-state index < -0.39 is 32.2 Å². The number of thiazole rings is 1. The van der Waals surface area contributed by atoms with Crippen LogP contribution in [0.5, 0.6) is 0 Å². The number of aliphatic hydroxyl groups excluding tert-OH is 1. The average Bonchev–Trinajstić information content (AvgIpc) is 3.48. The molecule has 0 spiro atoms. The molecule has 0 saturated heterocycles. The third kappa shape index (κ3) is 6.64. The van der Waals surface area contributed by atoms with Crippen molar-refractivity contribution in [3.8, 4) is 0 Å². The van der Waals surface area contributed by atoms with Gasteiger partial charge in [-0.1, -0.05) is 0 Å². The molecule has 3 aromatic heterocycles. The van der Waals surface area contributed by atoms with Crippen molar-refractivity contribution >= 4 is 51.3 Å². The molecular weight excluding hydrogens is 613 g/mol. The number of carbonyl (C=O) groups excluding carboxylic acids is 1. The van der Waals surface area contributed by atoms with Gasteiger partial charge in [-0.15, -0.1) is 0 Å². The predicted octanol–water partition coefficient (Wildman–Crippen LogP) is 8.16. The molecular formula is C30H49N3O2SSiSn. The quantitative estimate of drug-likeness (QED) is 0.140. The number of rotatable bonds is 14. The van der Waals surface area contributed by atoms with Crippen molar-refractivity contribution in [2.45, 2.75) is 117 Å². The van der Waals surface area contributed by atoms with Crippen molar-refractivity contribution in [1.29, 1.82) is 0 Å². The van der Waals surface area contributed by atoms with Gasteiger partial charge in [0.25, 0.3) is 0 Å². The van der Waals surface area contributed by atoms with E-state index in [0.717, 1.165) is 10.4 Å². The SMILES string of the molecule is CCC[CH2][Sn]([CH2]CCC)([CH2]CCC)[c]1cn2cnc(C(=O)c3cncc(C(O)[Si](C)(C)C(C)(C)C)c3)c2s1. The van der Waals surface area contributed by atoms with Crippen LogP contribution in [0.15, 0.2) is 31.0 Å². The van der Waals surface area contributed by atoms with E-state index in [-0.39, 0.29) is 10.8 Å². The maximum absolute atomic E-state index is 13.8.